The summed E-state index contributed by atoms with van der Waals surface area (Å²) in [5, 5.41) is 0. The lowest BCUT2D eigenvalue weighted by atomic mass is 9.58. The summed E-state index contributed by atoms with van der Waals surface area (Å²) >= 11 is 0. The van der Waals surface area contributed by atoms with Crippen molar-refractivity contribution in [2.24, 2.45) is 23.7 Å². The van der Waals surface area contributed by atoms with Crippen molar-refractivity contribution in [2.45, 2.75) is 76.5 Å². The van der Waals surface area contributed by atoms with Crippen LogP contribution in [0.2, 0.25) is 0 Å². The lowest BCUT2D eigenvalue weighted by Gasteiger charge is -2.60. The van der Waals surface area contributed by atoms with Crippen molar-refractivity contribution in [3.05, 3.63) is 71.8 Å². The molecule has 5 aliphatic heterocycles. The Morgan fingerprint density at radius 2 is 1.54 bits per heavy atom. The quantitative estimate of drug-likeness (QED) is 0.406. The van der Waals surface area contributed by atoms with Gasteiger partial charge in [0.15, 0.2) is 18.2 Å². The smallest absolute Gasteiger partial charge is 0.201 e. The van der Waals surface area contributed by atoms with Gasteiger partial charge < -0.3 is 14.2 Å². The molecule has 2 bridgehead atoms. The van der Waals surface area contributed by atoms with Crippen LogP contribution in [0.4, 0.5) is 0 Å². The van der Waals surface area contributed by atoms with Crippen molar-refractivity contribution >= 4 is 0 Å². The molecule has 1 aliphatic carbocycles. The Balaban J connectivity index is 0.967. The molecule has 1 saturated carbocycles. The molecule has 1 spiro atoms. The van der Waals surface area contributed by atoms with E-state index in [2.05, 4.69) is 84.3 Å². The summed E-state index contributed by atoms with van der Waals surface area (Å²) in [6.07, 6.45) is 3.44. The second-order valence-corrected chi connectivity index (χ2v) is 13.2. The SMILES string of the molecule is C[C@H]1[C@@H](OCCN2CCN(C(c3ccccc3)c3ccccc3)CC2)O[C@@H]2O[C@@]3(C)CC[C@H]4[C@H](C)CC[C@@H]1[C@@]24OO3. The van der Waals surface area contributed by atoms with Gasteiger partial charge in [0.25, 0.3) is 0 Å². The molecule has 6 fully saturated rings. The largest absolute Gasteiger partial charge is 0.351 e. The number of rotatable bonds is 7. The first kappa shape index (κ1) is 28.0. The topological polar surface area (TPSA) is 52.6 Å². The van der Waals surface area contributed by atoms with Crippen molar-refractivity contribution in [1.29, 1.82) is 0 Å². The van der Waals surface area contributed by atoms with Gasteiger partial charge in [-0.05, 0) is 49.1 Å². The third kappa shape index (κ3) is 5.07. The predicted octanol–water partition coefficient (Wildman–Crippen LogP) is 5.62. The zero-order valence-corrected chi connectivity index (χ0v) is 24.8. The van der Waals surface area contributed by atoms with Crippen molar-refractivity contribution in [3.8, 4) is 0 Å². The minimum Gasteiger partial charge on any atom is -0.351 e. The minimum absolute atomic E-state index is 0.213. The van der Waals surface area contributed by atoms with Crippen LogP contribution < -0.4 is 0 Å². The van der Waals surface area contributed by atoms with E-state index in [1.165, 1.54) is 17.5 Å². The monoisotopic (exact) mass is 562 g/mol. The Labute approximate surface area is 245 Å². The van der Waals surface area contributed by atoms with Crippen LogP contribution in [0.3, 0.4) is 0 Å². The van der Waals surface area contributed by atoms with Crippen LogP contribution in [0.5, 0.6) is 0 Å². The molecule has 0 aromatic heterocycles. The molecule has 2 aromatic carbocycles. The maximum absolute atomic E-state index is 6.62. The summed E-state index contributed by atoms with van der Waals surface area (Å²) < 4.78 is 19.6. The van der Waals surface area contributed by atoms with Gasteiger partial charge in [-0.3, -0.25) is 9.80 Å². The normalized spacial score (nSPS) is 39.4. The van der Waals surface area contributed by atoms with Gasteiger partial charge >= 0.3 is 0 Å². The highest BCUT2D eigenvalue weighted by molar-refractivity contribution is 5.32. The molecule has 41 heavy (non-hydrogen) atoms. The van der Waals surface area contributed by atoms with Gasteiger partial charge in [-0.15, -0.1) is 0 Å². The average Bonchev–Trinajstić information content (AvgIpc) is 3.23. The van der Waals surface area contributed by atoms with Gasteiger partial charge in [0.1, 0.15) is 0 Å². The van der Waals surface area contributed by atoms with E-state index < -0.39 is 17.7 Å². The maximum Gasteiger partial charge on any atom is 0.201 e. The maximum atomic E-state index is 6.62. The van der Waals surface area contributed by atoms with Crippen LogP contribution in [0.25, 0.3) is 0 Å². The van der Waals surface area contributed by atoms with E-state index in [4.69, 9.17) is 24.0 Å². The van der Waals surface area contributed by atoms with Gasteiger partial charge in [-0.1, -0.05) is 74.5 Å². The molecule has 0 radical (unpaired) electrons. The number of nitrogens with zero attached hydrogens (tertiary/aromatic N) is 2. The Kier molecular flexibility index (Phi) is 7.74. The van der Waals surface area contributed by atoms with Crippen molar-refractivity contribution in [2.75, 3.05) is 39.3 Å². The molecule has 5 heterocycles. The summed E-state index contributed by atoms with van der Waals surface area (Å²) in [5.74, 6) is 0.707. The summed E-state index contributed by atoms with van der Waals surface area (Å²) in [6.45, 7) is 12.3. The van der Waals surface area contributed by atoms with E-state index in [0.717, 1.165) is 52.0 Å². The third-order valence-corrected chi connectivity index (χ3v) is 10.8. The fourth-order valence-corrected chi connectivity index (χ4v) is 8.49. The average molecular weight is 563 g/mol. The van der Waals surface area contributed by atoms with Gasteiger partial charge in [0, 0.05) is 51.0 Å². The van der Waals surface area contributed by atoms with Gasteiger partial charge in [0.05, 0.1) is 12.6 Å². The van der Waals surface area contributed by atoms with E-state index in [9.17, 15) is 0 Å². The molecule has 2 aromatic rings. The zero-order chi connectivity index (χ0) is 28.0. The lowest BCUT2D eigenvalue weighted by Crippen LogP contribution is -2.70. The second-order valence-electron chi connectivity index (χ2n) is 13.2. The molecular formula is C34H46N2O5. The summed E-state index contributed by atoms with van der Waals surface area (Å²) in [7, 11) is 0. The second kappa shape index (κ2) is 11.3. The number of hydrogen-bond donors (Lipinski definition) is 0. The summed E-state index contributed by atoms with van der Waals surface area (Å²) in [4.78, 5) is 17.4. The fourth-order valence-electron chi connectivity index (χ4n) is 8.49. The summed E-state index contributed by atoms with van der Waals surface area (Å²) in [6, 6.07) is 22.1. The molecule has 222 valence electrons. The molecule has 5 saturated heterocycles. The number of benzene rings is 2. The van der Waals surface area contributed by atoms with E-state index in [1.54, 1.807) is 0 Å². The highest BCUT2D eigenvalue weighted by Crippen LogP contribution is 2.60. The molecular weight excluding hydrogens is 516 g/mol. The molecule has 7 heteroatoms. The van der Waals surface area contributed by atoms with Crippen LogP contribution in [0, 0.1) is 23.7 Å². The number of ether oxygens (including phenoxy) is 3. The fraction of sp³-hybridized carbons (Fsp3) is 0.647. The lowest BCUT2D eigenvalue weighted by molar-refractivity contribution is -0.577. The minimum atomic E-state index is -0.750. The molecule has 8 atom stereocenters. The highest BCUT2D eigenvalue weighted by Gasteiger charge is 2.69. The van der Waals surface area contributed by atoms with E-state index in [-0.39, 0.29) is 18.2 Å². The van der Waals surface area contributed by atoms with Gasteiger partial charge in [-0.2, -0.15) is 0 Å². The number of piperazine rings is 1. The van der Waals surface area contributed by atoms with E-state index >= 15 is 0 Å². The molecule has 0 N–H and O–H groups in total. The zero-order valence-electron chi connectivity index (χ0n) is 24.8. The molecule has 7 nitrogen and oxygen atoms in total. The van der Waals surface area contributed by atoms with Crippen LogP contribution in [-0.2, 0) is 24.0 Å². The van der Waals surface area contributed by atoms with Gasteiger partial charge in [-0.25, -0.2) is 9.78 Å². The van der Waals surface area contributed by atoms with Crippen LogP contribution >= 0.6 is 0 Å². The van der Waals surface area contributed by atoms with Crippen LogP contribution in [0.15, 0.2) is 60.7 Å². The number of hydrogen-bond acceptors (Lipinski definition) is 7. The van der Waals surface area contributed by atoms with Crippen LogP contribution in [-0.4, -0.2) is 73.1 Å². The standard InChI is InChI=1S/C34H46N2O5/c1-24-14-15-29-25(2)31(38-32-34(29)28(24)16-17-33(3,39-32)40-41-34)37-23-22-35-18-20-36(21-19-35)30(26-10-6-4-7-11-26)27-12-8-5-9-13-27/h4-13,24-25,28-32H,14-23H2,1-3H3/t24-,25-,28+,29+,31+,32-,33-,34-/m1/s1. The third-order valence-electron chi connectivity index (χ3n) is 10.8. The van der Waals surface area contributed by atoms with E-state index in [1.807, 2.05) is 6.92 Å². The Morgan fingerprint density at radius 1 is 0.854 bits per heavy atom. The first-order valence-electron chi connectivity index (χ1n) is 15.8. The Morgan fingerprint density at radius 3 is 2.22 bits per heavy atom. The predicted molar refractivity (Wildman–Crippen MR) is 156 cm³/mol. The Bertz CT molecular complexity index is 1120. The molecule has 6 aliphatic rings. The molecule has 8 rings (SSSR count). The molecule has 0 amide bonds. The number of fused-ring (bicyclic) bond motifs is 2. The summed E-state index contributed by atoms with van der Waals surface area (Å²) in [5.41, 5.74) is 2.18. The molecule has 0 unspecified atom stereocenters. The van der Waals surface area contributed by atoms with Crippen LogP contribution in [0.1, 0.15) is 63.6 Å². The Hall–Kier alpha value is -1.84. The van der Waals surface area contributed by atoms with Crippen molar-refractivity contribution < 1.29 is 24.0 Å². The first-order valence-corrected chi connectivity index (χ1v) is 15.8. The van der Waals surface area contributed by atoms with Crippen molar-refractivity contribution in [3.63, 3.8) is 0 Å². The van der Waals surface area contributed by atoms with E-state index in [0.29, 0.717) is 24.4 Å². The van der Waals surface area contributed by atoms with Crippen molar-refractivity contribution in [1.82, 2.24) is 9.80 Å². The highest BCUT2D eigenvalue weighted by atomic mass is 17.3. The van der Waals surface area contributed by atoms with Gasteiger partial charge in [0.2, 0.25) is 5.79 Å². The first-order chi connectivity index (χ1) is 20.0.